The van der Waals surface area contributed by atoms with Gasteiger partial charge in [-0.05, 0) is 49.4 Å². The second-order valence-corrected chi connectivity index (χ2v) is 8.15. The minimum Gasteiger partial charge on any atom is -0.347 e. The van der Waals surface area contributed by atoms with Crippen LogP contribution in [0.2, 0.25) is 0 Å². The van der Waals surface area contributed by atoms with E-state index in [9.17, 15) is 9.59 Å². The molecule has 1 aliphatic carbocycles. The maximum Gasteiger partial charge on any atom is 0.225 e. The third-order valence-corrected chi connectivity index (χ3v) is 5.70. The quantitative estimate of drug-likeness (QED) is 0.916. The molecule has 4 nitrogen and oxygen atoms in total. The van der Waals surface area contributed by atoms with Crippen LogP contribution in [0, 0.1) is 5.92 Å². The van der Waals surface area contributed by atoms with E-state index in [1.54, 1.807) is 0 Å². The van der Waals surface area contributed by atoms with Gasteiger partial charge in [-0.3, -0.25) is 9.59 Å². The van der Waals surface area contributed by atoms with Crippen LogP contribution < -0.4 is 5.32 Å². The van der Waals surface area contributed by atoms with Crippen molar-refractivity contribution in [2.45, 2.75) is 51.1 Å². The van der Waals surface area contributed by atoms with Crippen LogP contribution in [-0.4, -0.2) is 29.3 Å². The molecule has 0 radical (unpaired) electrons. The molecule has 1 saturated carbocycles. The Kier molecular flexibility index (Phi) is 4.22. The average Bonchev–Trinajstić information content (AvgIpc) is 3.46. The molecule has 2 amide bonds. The first kappa shape index (κ1) is 17.1. The second-order valence-electron chi connectivity index (χ2n) is 8.15. The molecule has 2 aromatic carbocycles. The van der Waals surface area contributed by atoms with Crippen molar-refractivity contribution in [1.29, 1.82) is 0 Å². The van der Waals surface area contributed by atoms with Crippen LogP contribution in [0.15, 0.2) is 42.5 Å². The van der Waals surface area contributed by atoms with E-state index in [1.165, 1.54) is 10.8 Å². The van der Waals surface area contributed by atoms with Crippen LogP contribution in [0.4, 0.5) is 0 Å². The first-order chi connectivity index (χ1) is 12.5. The van der Waals surface area contributed by atoms with Crippen LogP contribution in [0.5, 0.6) is 0 Å². The Morgan fingerprint density at radius 2 is 1.81 bits per heavy atom. The zero-order chi connectivity index (χ0) is 18.3. The van der Waals surface area contributed by atoms with Gasteiger partial charge < -0.3 is 10.2 Å². The molecule has 1 atom stereocenters. The van der Waals surface area contributed by atoms with Gasteiger partial charge in [-0.1, -0.05) is 42.5 Å². The third-order valence-electron chi connectivity index (χ3n) is 5.70. The summed E-state index contributed by atoms with van der Waals surface area (Å²) in [7, 11) is 0. The summed E-state index contributed by atoms with van der Waals surface area (Å²) in [5.74, 6) is 0.161. The van der Waals surface area contributed by atoms with E-state index < -0.39 is 5.54 Å². The van der Waals surface area contributed by atoms with E-state index in [0.717, 1.165) is 18.4 Å². The molecule has 0 bridgehead atoms. The smallest absolute Gasteiger partial charge is 0.225 e. The molecule has 2 aliphatic rings. The summed E-state index contributed by atoms with van der Waals surface area (Å²) in [6, 6.07) is 14.9. The van der Waals surface area contributed by atoms with Gasteiger partial charge in [0, 0.05) is 19.0 Å². The number of hydrogen-bond donors (Lipinski definition) is 1. The predicted octanol–water partition coefficient (Wildman–Crippen LogP) is 3.59. The molecule has 0 spiro atoms. The Bertz CT molecular complexity index is 849. The topological polar surface area (TPSA) is 49.4 Å². The highest BCUT2D eigenvalue weighted by atomic mass is 16.2. The second kappa shape index (κ2) is 6.42. The molecule has 1 N–H and O–H groups in total. The van der Waals surface area contributed by atoms with Gasteiger partial charge in [0.05, 0.1) is 11.5 Å². The van der Waals surface area contributed by atoms with Gasteiger partial charge in [-0.25, -0.2) is 0 Å². The van der Waals surface area contributed by atoms with Crippen LogP contribution in [0.1, 0.15) is 45.1 Å². The first-order valence-electron chi connectivity index (χ1n) is 9.55. The number of fused-ring (bicyclic) bond motifs is 1. The van der Waals surface area contributed by atoms with Gasteiger partial charge in [0.2, 0.25) is 11.8 Å². The van der Waals surface area contributed by atoms with E-state index in [0.29, 0.717) is 25.4 Å². The van der Waals surface area contributed by atoms with Gasteiger partial charge in [-0.15, -0.1) is 0 Å². The number of likely N-dealkylation sites (tertiary alicyclic amines) is 1. The van der Waals surface area contributed by atoms with Crippen LogP contribution in [0.25, 0.3) is 10.8 Å². The number of carbonyl (C=O) groups is 2. The lowest BCUT2D eigenvalue weighted by Gasteiger charge is -2.35. The minimum atomic E-state index is -0.468. The lowest BCUT2D eigenvalue weighted by atomic mass is 9.88. The monoisotopic (exact) mass is 350 g/mol. The van der Waals surface area contributed by atoms with Gasteiger partial charge >= 0.3 is 0 Å². The van der Waals surface area contributed by atoms with Crippen molar-refractivity contribution >= 4 is 22.6 Å². The number of carbonyl (C=O) groups excluding carboxylic acids is 2. The molecule has 1 aliphatic heterocycles. The van der Waals surface area contributed by atoms with Crippen LogP contribution in [0.3, 0.4) is 0 Å². The summed E-state index contributed by atoms with van der Waals surface area (Å²) in [6.45, 7) is 4.68. The maximum atomic E-state index is 13.0. The number of rotatable bonds is 4. The Balaban J connectivity index is 1.53. The van der Waals surface area contributed by atoms with Gasteiger partial charge in [0.15, 0.2) is 0 Å². The van der Waals surface area contributed by atoms with Crippen LogP contribution in [-0.2, 0) is 15.1 Å². The molecule has 2 aromatic rings. The summed E-state index contributed by atoms with van der Waals surface area (Å²) >= 11 is 0. The standard InChI is InChI=1S/C22H26N2O2/c1-22(2,19-9-5-7-15-6-3-4-8-18(15)19)23-21(26)16-10-13-20(25)24(14-16)17-11-12-17/h3-9,16-17H,10-14H2,1-2H3,(H,23,26)/t16-/m0/s1. The minimum absolute atomic E-state index is 0.0566. The van der Waals surface area contributed by atoms with Crippen molar-refractivity contribution in [2.75, 3.05) is 6.54 Å². The molecular weight excluding hydrogens is 324 g/mol. The lowest BCUT2D eigenvalue weighted by molar-refractivity contribution is -0.139. The largest absolute Gasteiger partial charge is 0.347 e. The Hall–Kier alpha value is -2.36. The molecular formula is C22H26N2O2. The first-order valence-corrected chi connectivity index (χ1v) is 9.55. The fourth-order valence-electron chi connectivity index (χ4n) is 4.07. The highest BCUT2D eigenvalue weighted by molar-refractivity contribution is 5.88. The van der Waals surface area contributed by atoms with Crippen molar-refractivity contribution in [3.05, 3.63) is 48.0 Å². The normalized spacial score (nSPS) is 21.1. The highest BCUT2D eigenvalue weighted by Crippen LogP contribution is 2.33. The Morgan fingerprint density at radius 1 is 1.08 bits per heavy atom. The Labute approximate surface area is 154 Å². The van der Waals surface area contributed by atoms with E-state index in [-0.39, 0.29) is 17.7 Å². The van der Waals surface area contributed by atoms with Gasteiger partial charge in [0.25, 0.3) is 0 Å². The SMILES string of the molecule is CC(C)(NC(=O)[C@H]1CCC(=O)N(C2CC2)C1)c1cccc2ccccc12. The number of nitrogens with one attached hydrogen (secondary N) is 1. The number of amides is 2. The third kappa shape index (κ3) is 3.20. The Morgan fingerprint density at radius 3 is 2.58 bits per heavy atom. The number of piperidine rings is 1. The fourth-order valence-corrected chi connectivity index (χ4v) is 4.07. The van der Waals surface area contributed by atoms with Gasteiger partial charge in [0.1, 0.15) is 0 Å². The molecule has 2 fully saturated rings. The van der Waals surface area contributed by atoms with Crippen molar-refractivity contribution in [2.24, 2.45) is 5.92 Å². The van der Waals surface area contributed by atoms with Crippen molar-refractivity contribution in [1.82, 2.24) is 10.2 Å². The van der Waals surface area contributed by atoms with Gasteiger partial charge in [-0.2, -0.15) is 0 Å². The molecule has 136 valence electrons. The maximum absolute atomic E-state index is 13.0. The highest BCUT2D eigenvalue weighted by Gasteiger charge is 2.39. The lowest BCUT2D eigenvalue weighted by Crippen LogP contribution is -2.50. The van der Waals surface area contributed by atoms with Crippen molar-refractivity contribution in [3.8, 4) is 0 Å². The molecule has 1 saturated heterocycles. The number of hydrogen-bond acceptors (Lipinski definition) is 2. The summed E-state index contributed by atoms with van der Waals surface area (Å²) in [4.78, 5) is 27.0. The summed E-state index contributed by atoms with van der Waals surface area (Å²) in [6.07, 6.45) is 3.31. The summed E-state index contributed by atoms with van der Waals surface area (Å²) < 4.78 is 0. The van der Waals surface area contributed by atoms with Crippen molar-refractivity contribution in [3.63, 3.8) is 0 Å². The summed E-state index contributed by atoms with van der Waals surface area (Å²) in [5, 5.41) is 5.59. The number of benzene rings is 2. The van der Waals surface area contributed by atoms with Crippen LogP contribution >= 0.6 is 0 Å². The van der Waals surface area contributed by atoms with E-state index in [1.807, 2.05) is 23.1 Å². The molecule has 26 heavy (non-hydrogen) atoms. The predicted molar refractivity (Wildman–Crippen MR) is 103 cm³/mol. The summed E-state index contributed by atoms with van der Waals surface area (Å²) in [5.41, 5.74) is 0.652. The fraction of sp³-hybridized carbons (Fsp3) is 0.455. The number of nitrogens with zero attached hydrogens (tertiary/aromatic N) is 1. The van der Waals surface area contributed by atoms with Crippen molar-refractivity contribution < 1.29 is 9.59 Å². The zero-order valence-electron chi connectivity index (χ0n) is 15.5. The molecule has 0 aromatic heterocycles. The molecule has 4 rings (SSSR count). The average molecular weight is 350 g/mol. The van der Waals surface area contributed by atoms with E-state index >= 15 is 0 Å². The molecule has 1 heterocycles. The van der Waals surface area contributed by atoms with E-state index in [4.69, 9.17) is 0 Å². The molecule has 4 heteroatoms. The van der Waals surface area contributed by atoms with E-state index in [2.05, 4.69) is 43.4 Å². The molecule has 0 unspecified atom stereocenters. The zero-order valence-corrected chi connectivity index (χ0v) is 15.5.